The maximum absolute atomic E-state index is 3.69. The van der Waals surface area contributed by atoms with E-state index in [0.717, 1.165) is 12.0 Å². The second-order valence-corrected chi connectivity index (χ2v) is 6.43. The molecule has 1 saturated carbocycles. The lowest BCUT2D eigenvalue weighted by Gasteiger charge is -2.47. The molecule has 16 heavy (non-hydrogen) atoms. The molecule has 0 spiro atoms. The highest BCUT2D eigenvalue weighted by Crippen LogP contribution is 2.29. The van der Waals surface area contributed by atoms with E-state index < -0.39 is 0 Å². The molecule has 1 aliphatic heterocycles. The van der Waals surface area contributed by atoms with Crippen LogP contribution < -0.4 is 5.32 Å². The number of piperazine rings is 1. The Hall–Kier alpha value is -0.0800. The Labute approximate surface area is 101 Å². The average molecular weight is 224 g/mol. The highest BCUT2D eigenvalue weighted by atomic mass is 15.2. The maximum Gasteiger partial charge on any atom is 0.0252 e. The first-order chi connectivity index (χ1) is 7.61. The molecule has 0 aromatic heterocycles. The summed E-state index contributed by atoms with van der Waals surface area (Å²) in [7, 11) is 0. The van der Waals surface area contributed by atoms with Crippen molar-refractivity contribution in [3.05, 3.63) is 0 Å². The molecule has 0 aromatic rings. The van der Waals surface area contributed by atoms with Gasteiger partial charge in [-0.1, -0.05) is 19.8 Å². The van der Waals surface area contributed by atoms with Crippen LogP contribution in [0.5, 0.6) is 0 Å². The van der Waals surface area contributed by atoms with Crippen LogP contribution in [0.4, 0.5) is 0 Å². The molecule has 0 bridgehead atoms. The van der Waals surface area contributed by atoms with Crippen molar-refractivity contribution in [1.29, 1.82) is 0 Å². The summed E-state index contributed by atoms with van der Waals surface area (Å²) in [6, 6.07) is 0.790. The molecule has 1 heterocycles. The summed E-state index contributed by atoms with van der Waals surface area (Å²) in [5.74, 6) is 1.01. The van der Waals surface area contributed by atoms with Crippen molar-refractivity contribution in [2.24, 2.45) is 5.92 Å². The quantitative estimate of drug-likeness (QED) is 0.790. The lowest BCUT2D eigenvalue weighted by molar-refractivity contribution is 0.0591. The molecular weight excluding hydrogens is 196 g/mol. The number of hydrogen-bond donors (Lipinski definition) is 1. The number of hydrogen-bond acceptors (Lipinski definition) is 2. The van der Waals surface area contributed by atoms with Crippen LogP contribution in [-0.4, -0.2) is 36.1 Å². The van der Waals surface area contributed by atoms with E-state index in [9.17, 15) is 0 Å². The summed E-state index contributed by atoms with van der Waals surface area (Å²) >= 11 is 0. The number of nitrogens with zero attached hydrogens (tertiary/aromatic N) is 1. The van der Waals surface area contributed by atoms with Gasteiger partial charge in [-0.3, -0.25) is 4.90 Å². The Morgan fingerprint density at radius 2 is 2.06 bits per heavy atom. The average Bonchev–Trinajstić information content (AvgIpc) is 2.15. The fourth-order valence-corrected chi connectivity index (χ4v) is 3.05. The van der Waals surface area contributed by atoms with Crippen LogP contribution in [0.25, 0.3) is 0 Å². The topological polar surface area (TPSA) is 15.3 Å². The summed E-state index contributed by atoms with van der Waals surface area (Å²) in [5, 5.41) is 3.69. The Bertz CT molecular complexity index is 221. The van der Waals surface area contributed by atoms with E-state index in [1.165, 1.54) is 51.7 Å². The Morgan fingerprint density at radius 3 is 2.62 bits per heavy atom. The van der Waals surface area contributed by atoms with E-state index in [1.54, 1.807) is 0 Å². The molecule has 2 heteroatoms. The van der Waals surface area contributed by atoms with Crippen LogP contribution in [0.2, 0.25) is 0 Å². The summed E-state index contributed by atoms with van der Waals surface area (Å²) in [5.41, 5.74) is 0.313. The zero-order valence-corrected chi connectivity index (χ0v) is 11.3. The first kappa shape index (κ1) is 12.4. The third-order valence-corrected chi connectivity index (χ3v) is 4.27. The zero-order chi connectivity index (χ0) is 11.6. The normalized spacial score (nSPS) is 31.3. The van der Waals surface area contributed by atoms with Gasteiger partial charge in [0, 0.05) is 31.2 Å². The zero-order valence-electron chi connectivity index (χ0n) is 11.3. The summed E-state index contributed by atoms with van der Waals surface area (Å²) in [6.45, 7) is 10.8. The largest absolute Gasteiger partial charge is 0.309 e. The monoisotopic (exact) mass is 224 g/mol. The van der Waals surface area contributed by atoms with Gasteiger partial charge in [0.1, 0.15) is 0 Å². The molecule has 2 rings (SSSR count). The number of rotatable bonds is 4. The van der Waals surface area contributed by atoms with Crippen molar-refractivity contribution in [2.45, 2.75) is 64.5 Å². The molecule has 1 aliphatic carbocycles. The van der Waals surface area contributed by atoms with E-state index in [2.05, 4.69) is 31.0 Å². The van der Waals surface area contributed by atoms with Crippen molar-refractivity contribution in [3.8, 4) is 0 Å². The van der Waals surface area contributed by atoms with Gasteiger partial charge in [-0.15, -0.1) is 0 Å². The Kier molecular flexibility index (Phi) is 3.91. The third-order valence-electron chi connectivity index (χ3n) is 4.27. The van der Waals surface area contributed by atoms with Gasteiger partial charge in [0.15, 0.2) is 0 Å². The standard InChI is InChI=1S/C14H28N2/c1-4-6-13-9-15-14(2,3)11-16(13)10-12-7-5-8-12/h12-13,15H,4-11H2,1-3H3. The second kappa shape index (κ2) is 5.05. The molecule has 2 nitrogen and oxygen atoms in total. The third kappa shape index (κ3) is 2.98. The van der Waals surface area contributed by atoms with E-state index >= 15 is 0 Å². The molecule has 1 saturated heterocycles. The molecule has 1 N–H and O–H groups in total. The lowest BCUT2D eigenvalue weighted by Crippen LogP contribution is -2.62. The minimum atomic E-state index is 0.313. The van der Waals surface area contributed by atoms with Crippen LogP contribution >= 0.6 is 0 Å². The van der Waals surface area contributed by atoms with Crippen LogP contribution in [0.1, 0.15) is 52.9 Å². The lowest BCUT2D eigenvalue weighted by atomic mass is 9.84. The van der Waals surface area contributed by atoms with Crippen molar-refractivity contribution in [1.82, 2.24) is 10.2 Å². The fraction of sp³-hybridized carbons (Fsp3) is 1.00. The van der Waals surface area contributed by atoms with E-state index in [-0.39, 0.29) is 0 Å². The molecule has 1 unspecified atom stereocenters. The van der Waals surface area contributed by atoms with Crippen LogP contribution in [-0.2, 0) is 0 Å². The van der Waals surface area contributed by atoms with Gasteiger partial charge in [0.05, 0.1) is 0 Å². The Balaban J connectivity index is 1.90. The second-order valence-electron chi connectivity index (χ2n) is 6.43. The summed E-state index contributed by atoms with van der Waals surface area (Å²) < 4.78 is 0. The van der Waals surface area contributed by atoms with Gasteiger partial charge in [-0.2, -0.15) is 0 Å². The van der Waals surface area contributed by atoms with Gasteiger partial charge < -0.3 is 5.32 Å². The highest BCUT2D eigenvalue weighted by Gasteiger charge is 2.33. The van der Waals surface area contributed by atoms with E-state index in [4.69, 9.17) is 0 Å². The molecule has 2 aliphatic rings. The molecule has 2 fully saturated rings. The van der Waals surface area contributed by atoms with E-state index in [0.29, 0.717) is 5.54 Å². The predicted molar refractivity (Wildman–Crippen MR) is 69.7 cm³/mol. The molecule has 1 atom stereocenters. The maximum atomic E-state index is 3.69. The molecule has 0 amide bonds. The first-order valence-electron chi connectivity index (χ1n) is 7.10. The van der Waals surface area contributed by atoms with Gasteiger partial charge in [-0.25, -0.2) is 0 Å². The molecule has 94 valence electrons. The van der Waals surface area contributed by atoms with Gasteiger partial charge >= 0.3 is 0 Å². The van der Waals surface area contributed by atoms with Crippen LogP contribution in [0, 0.1) is 5.92 Å². The van der Waals surface area contributed by atoms with Crippen molar-refractivity contribution < 1.29 is 0 Å². The molecular formula is C14H28N2. The van der Waals surface area contributed by atoms with Crippen molar-refractivity contribution >= 4 is 0 Å². The van der Waals surface area contributed by atoms with Gasteiger partial charge in [0.2, 0.25) is 0 Å². The van der Waals surface area contributed by atoms with Crippen molar-refractivity contribution in [2.75, 3.05) is 19.6 Å². The minimum absolute atomic E-state index is 0.313. The predicted octanol–water partition coefficient (Wildman–Crippen LogP) is 2.64. The smallest absolute Gasteiger partial charge is 0.0252 e. The molecule has 0 aromatic carbocycles. The van der Waals surface area contributed by atoms with Crippen LogP contribution in [0.15, 0.2) is 0 Å². The minimum Gasteiger partial charge on any atom is -0.309 e. The summed E-state index contributed by atoms with van der Waals surface area (Å²) in [6.07, 6.45) is 7.09. The van der Waals surface area contributed by atoms with Crippen molar-refractivity contribution in [3.63, 3.8) is 0 Å². The molecule has 0 radical (unpaired) electrons. The SMILES string of the molecule is CCCC1CNC(C)(C)CN1CC1CCC1. The van der Waals surface area contributed by atoms with Crippen LogP contribution in [0.3, 0.4) is 0 Å². The van der Waals surface area contributed by atoms with Gasteiger partial charge in [-0.05, 0) is 39.0 Å². The Morgan fingerprint density at radius 1 is 1.31 bits per heavy atom. The van der Waals surface area contributed by atoms with E-state index in [1.807, 2.05) is 0 Å². The first-order valence-corrected chi connectivity index (χ1v) is 7.10. The highest BCUT2D eigenvalue weighted by molar-refractivity contribution is 4.93. The van der Waals surface area contributed by atoms with Gasteiger partial charge in [0.25, 0.3) is 0 Å². The number of nitrogens with one attached hydrogen (secondary N) is 1. The fourth-order valence-electron chi connectivity index (χ4n) is 3.05. The summed E-state index contributed by atoms with van der Waals surface area (Å²) in [4.78, 5) is 2.77.